The molecule has 0 heterocycles. The Morgan fingerprint density at radius 1 is 1.22 bits per heavy atom. The second-order valence-electron chi connectivity index (χ2n) is 4.68. The van der Waals surface area contributed by atoms with E-state index in [1.807, 2.05) is 18.2 Å². The lowest BCUT2D eigenvalue weighted by Gasteiger charge is -2.06. The third kappa shape index (κ3) is 5.19. The topological polar surface area (TPSA) is 29.4 Å². The molecule has 0 saturated carbocycles. The molecule has 0 aliphatic heterocycles. The molecule has 0 saturated heterocycles. The maximum Gasteiger partial charge on any atom is 0.110 e. The molecule has 0 spiro atoms. The van der Waals surface area contributed by atoms with Crippen LogP contribution in [0.3, 0.4) is 0 Å². The Bertz CT molecular complexity index is 430. The van der Waals surface area contributed by atoms with E-state index in [-0.39, 0.29) is 6.04 Å². The van der Waals surface area contributed by atoms with Crippen molar-refractivity contribution in [2.75, 3.05) is 0 Å². The number of nitrogens with zero attached hydrogens (tertiary/aromatic N) is 1. The van der Waals surface area contributed by atoms with Crippen LogP contribution in [-0.2, 0) is 0 Å². The largest absolute Gasteiger partial charge is 0.150 e. The summed E-state index contributed by atoms with van der Waals surface area (Å²) >= 11 is 11.7. The lowest BCUT2D eigenvalue weighted by atomic mass is 10.0. The van der Waals surface area contributed by atoms with Crippen molar-refractivity contribution < 1.29 is 0 Å². The smallest absolute Gasteiger partial charge is 0.110 e. The molecule has 2 nitrogen and oxygen atoms in total. The Labute approximate surface area is 118 Å². The minimum Gasteiger partial charge on any atom is -0.150 e. The molecule has 98 valence electrons. The molecule has 1 unspecified atom stereocenters. The van der Waals surface area contributed by atoms with E-state index >= 15 is 0 Å². The average molecular weight is 286 g/mol. The van der Waals surface area contributed by atoms with E-state index in [1.165, 1.54) is 0 Å². The Balaban J connectivity index is 2.65. The molecule has 0 N–H and O–H groups in total. The van der Waals surface area contributed by atoms with E-state index < -0.39 is 0 Å². The molecule has 1 aromatic carbocycles. The molecule has 18 heavy (non-hydrogen) atoms. The van der Waals surface area contributed by atoms with Gasteiger partial charge in [0.25, 0.3) is 0 Å². The highest BCUT2D eigenvalue weighted by Gasteiger charge is 2.05. The van der Waals surface area contributed by atoms with E-state index in [1.54, 1.807) is 12.1 Å². The first-order chi connectivity index (χ1) is 8.52. The second-order valence-corrected chi connectivity index (χ2v) is 5.49. The fourth-order valence-corrected chi connectivity index (χ4v) is 1.83. The summed E-state index contributed by atoms with van der Waals surface area (Å²) in [5, 5.41) is 4.16. The van der Waals surface area contributed by atoms with Crippen molar-refractivity contribution in [3.8, 4) is 0 Å². The van der Waals surface area contributed by atoms with Crippen LogP contribution in [0.25, 0.3) is 6.08 Å². The predicted molar refractivity (Wildman–Crippen MR) is 79.2 cm³/mol. The quantitative estimate of drug-likeness (QED) is 0.628. The van der Waals surface area contributed by atoms with E-state index in [4.69, 9.17) is 23.2 Å². The van der Waals surface area contributed by atoms with Gasteiger partial charge in [-0.3, -0.25) is 0 Å². The minimum atomic E-state index is -0.276. The van der Waals surface area contributed by atoms with Crippen molar-refractivity contribution in [3.05, 3.63) is 44.8 Å². The van der Waals surface area contributed by atoms with Gasteiger partial charge in [-0.2, -0.15) is 4.91 Å². The van der Waals surface area contributed by atoms with Crippen molar-refractivity contribution in [2.24, 2.45) is 11.1 Å². The van der Waals surface area contributed by atoms with Crippen LogP contribution < -0.4 is 0 Å². The summed E-state index contributed by atoms with van der Waals surface area (Å²) in [6, 6.07) is 5.09. The summed E-state index contributed by atoms with van der Waals surface area (Å²) in [6.45, 7) is 4.26. The Morgan fingerprint density at radius 2 is 1.94 bits per heavy atom. The van der Waals surface area contributed by atoms with Gasteiger partial charge in [-0.15, -0.1) is 0 Å². The maximum absolute atomic E-state index is 10.7. The zero-order valence-electron chi connectivity index (χ0n) is 10.6. The number of rotatable bonds is 6. The molecule has 0 radical (unpaired) electrons. The predicted octanol–water partition coefficient (Wildman–Crippen LogP) is 5.58. The SMILES string of the molecule is CC(C)CCC(C=Cc1ccc(Cl)c(Cl)c1)N=O. The minimum absolute atomic E-state index is 0.276. The second kappa shape index (κ2) is 7.55. The Morgan fingerprint density at radius 3 is 2.50 bits per heavy atom. The highest BCUT2D eigenvalue weighted by atomic mass is 35.5. The lowest BCUT2D eigenvalue weighted by molar-refractivity contribution is 0.532. The summed E-state index contributed by atoms with van der Waals surface area (Å²) in [5.74, 6) is 0.577. The molecule has 1 aromatic rings. The van der Waals surface area contributed by atoms with Crippen LogP contribution in [0, 0.1) is 10.8 Å². The summed E-state index contributed by atoms with van der Waals surface area (Å²) in [7, 11) is 0. The summed E-state index contributed by atoms with van der Waals surface area (Å²) in [6.07, 6.45) is 5.44. The van der Waals surface area contributed by atoms with Gasteiger partial charge in [0.2, 0.25) is 0 Å². The van der Waals surface area contributed by atoms with Crippen molar-refractivity contribution in [1.29, 1.82) is 0 Å². The first kappa shape index (κ1) is 15.2. The van der Waals surface area contributed by atoms with Crippen LogP contribution in [0.15, 0.2) is 29.5 Å². The Hall–Kier alpha value is -0.860. The number of benzene rings is 1. The number of hydrogen-bond donors (Lipinski definition) is 0. The molecule has 1 atom stereocenters. The lowest BCUT2D eigenvalue weighted by Crippen LogP contribution is -2.01. The monoisotopic (exact) mass is 285 g/mol. The normalized spacial score (nSPS) is 13.2. The molecule has 0 bridgehead atoms. The molecular weight excluding hydrogens is 269 g/mol. The standard InChI is InChI=1S/C14H17Cl2NO/c1-10(2)3-6-12(17-18)7-4-11-5-8-13(15)14(16)9-11/h4-5,7-10,12H,3,6H2,1-2H3. The fourth-order valence-electron chi connectivity index (χ4n) is 1.53. The first-order valence-electron chi connectivity index (χ1n) is 5.98. The zero-order valence-corrected chi connectivity index (χ0v) is 12.1. The van der Waals surface area contributed by atoms with Gasteiger partial charge in [-0.05, 0) is 36.5 Å². The maximum atomic E-state index is 10.7. The summed E-state index contributed by atoms with van der Waals surface area (Å²) < 4.78 is 0. The van der Waals surface area contributed by atoms with Gasteiger partial charge in [0.1, 0.15) is 6.04 Å². The van der Waals surface area contributed by atoms with Crippen molar-refractivity contribution in [1.82, 2.24) is 0 Å². The van der Waals surface area contributed by atoms with Crippen LogP contribution in [-0.4, -0.2) is 6.04 Å². The van der Waals surface area contributed by atoms with Crippen LogP contribution in [0.4, 0.5) is 0 Å². The van der Waals surface area contributed by atoms with Gasteiger partial charge in [-0.25, -0.2) is 0 Å². The first-order valence-corrected chi connectivity index (χ1v) is 6.74. The number of halogens is 2. The van der Waals surface area contributed by atoms with Crippen molar-refractivity contribution in [3.63, 3.8) is 0 Å². The van der Waals surface area contributed by atoms with E-state index in [0.29, 0.717) is 16.0 Å². The zero-order chi connectivity index (χ0) is 13.5. The molecular formula is C14H17Cl2NO. The Kier molecular flexibility index (Phi) is 6.37. The van der Waals surface area contributed by atoms with E-state index in [9.17, 15) is 4.91 Å². The highest BCUT2D eigenvalue weighted by Crippen LogP contribution is 2.23. The average Bonchev–Trinajstić information content (AvgIpc) is 2.33. The van der Waals surface area contributed by atoms with E-state index in [0.717, 1.165) is 18.4 Å². The van der Waals surface area contributed by atoms with Gasteiger partial charge in [0.05, 0.1) is 10.0 Å². The van der Waals surface area contributed by atoms with Crippen LogP contribution in [0.1, 0.15) is 32.3 Å². The molecule has 4 heteroatoms. The van der Waals surface area contributed by atoms with Crippen LogP contribution >= 0.6 is 23.2 Å². The molecule has 0 aromatic heterocycles. The van der Waals surface area contributed by atoms with Gasteiger partial charge in [-0.1, -0.05) is 60.4 Å². The fraction of sp³-hybridized carbons (Fsp3) is 0.429. The van der Waals surface area contributed by atoms with Gasteiger partial charge in [0, 0.05) is 0 Å². The van der Waals surface area contributed by atoms with Gasteiger partial charge >= 0.3 is 0 Å². The van der Waals surface area contributed by atoms with Gasteiger partial charge < -0.3 is 0 Å². The molecule has 0 aliphatic rings. The van der Waals surface area contributed by atoms with E-state index in [2.05, 4.69) is 19.0 Å². The highest BCUT2D eigenvalue weighted by molar-refractivity contribution is 6.42. The summed E-state index contributed by atoms with van der Waals surface area (Å²) in [5.41, 5.74) is 0.919. The molecule has 0 amide bonds. The molecule has 1 rings (SSSR count). The third-order valence-electron chi connectivity index (χ3n) is 2.63. The molecule has 0 aliphatic carbocycles. The number of nitroso groups, excluding NO2 is 1. The third-order valence-corrected chi connectivity index (χ3v) is 3.37. The summed E-state index contributed by atoms with van der Waals surface area (Å²) in [4.78, 5) is 10.7. The van der Waals surface area contributed by atoms with Gasteiger partial charge in [0.15, 0.2) is 0 Å². The van der Waals surface area contributed by atoms with Crippen molar-refractivity contribution >= 4 is 29.3 Å². The van der Waals surface area contributed by atoms with Crippen molar-refractivity contribution in [2.45, 2.75) is 32.7 Å². The molecule has 0 fully saturated rings. The number of hydrogen-bond acceptors (Lipinski definition) is 2. The van der Waals surface area contributed by atoms with Crippen LogP contribution in [0.2, 0.25) is 10.0 Å². The van der Waals surface area contributed by atoms with Crippen LogP contribution in [0.5, 0.6) is 0 Å².